The zero-order chi connectivity index (χ0) is 30.3. The second-order valence-electron chi connectivity index (χ2n) is 12.1. The molecule has 2 aromatic rings. The molecule has 0 aliphatic carbocycles. The number of carbonyl (C=O) groups excluding carboxylic acids is 1. The van der Waals surface area contributed by atoms with Crippen LogP contribution < -0.4 is 26.2 Å². The molecule has 1 aliphatic heterocycles. The third-order valence-electron chi connectivity index (χ3n) is 7.64. The molecule has 2 heterocycles. The number of benzene rings is 1. The lowest BCUT2D eigenvalue weighted by Crippen LogP contribution is -2.54. The standard InChI is InChI=1S/C31H49N5O5/c1-8-9-10-11-27(38)32-24-12-14-25(15-13-24)41-31(6,7)26(37)21-33-16-18-34(19-17-33)28-20-29(39)36(23(4)5)30(40)35(28)22(2)3/h12-15,20,22-23,26,37H,8-11,16-19,21H2,1-7H3,(H,32,38). The van der Waals surface area contributed by atoms with Gasteiger partial charge in [-0.2, -0.15) is 0 Å². The Labute approximate surface area is 243 Å². The average molecular weight is 572 g/mol. The predicted molar refractivity (Wildman–Crippen MR) is 164 cm³/mol. The van der Waals surface area contributed by atoms with Crippen molar-refractivity contribution in [1.82, 2.24) is 14.0 Å². The first-order valence-corrected chi connectivity index (χ1v) is 15.0. The summed E-state index contributed by atoms with van der Waals surface area (Å²) in [4.78, 5) is 42.2. The van der Waals surface area contributed by atoms with Gasteiger partial charge in [-0.25, -0.2) is 4.79 Å². The maximum atomic E-state index is 13.1. The van der Waals surface area contributed by atoms with Gasteiger partial charge in [0.1, 0.15) is 23.3 Å². The number of carbonyl (C=O) groups is 1. The number of hydrogen-bond acceptors (Lipinski definition) is 7. The molecule has 1 atom stereocenters. The number of aromatic nitrogens is 2. The van der Waals surface area contributed by atoms with Gasteiger partial charge in [0.15, 0.2) is 0 Å². The van der Waals surface area contributed by atoms with E-state index in [1.807, 2.05) is 53.7 Å². The molecular formula is C31H49N5O5. The minimum atomic E-state index is -0.846. The van der Waals surface area contributed by atoms with E-state index in [-0.39, 0.29) is 29.2 Å². The quantitative estimate of drug-likeness (QED) is 0.350. The van der Waals surface area contributed by atoms with Crippen LogP contribution in [0.1, 0.15) is 86.2 Å². The second-order valence-corrected chi connectivity index (χ2v) is 12.1. The van der Waals surface area contributed by atoms with E-state index in [0.29, 0.717) is 50.7 Å². The number of aliphatic hydroxyl groups is 1. The highest BCUT2D eigenvalue weighted by Crippen LogP contribution is 2.25. The molecule has 3 rings (SSSR count). The van der Waals surface area contributed by atoms with E-state index in [4.69, 9.17) is 4.74 Å². The Bertz CT molecular complexity index is 1260. The zero-order valence-electron chi connectivity index (χ0n) is 25.9. The van der Waals surface area contributed by atoms with Crippen molar-refractivity contribution in [3.63, 3.8) is 0 Å². The fourth-order valence-corrected chi connectivity index (χ4v) is 5.12. The highest BCUT2D eigenvalue weighted by molar-refractivity contribution is 5.90. The van der Waals surface area contributed by atoms with Crippen LogP contribution in [0.25, 0.3) is 0 Å². The molecule has 2 N–H and O–H groups in total. The van der Waals surface area contributed by atoms with Gasteiger partial charge in [0.05, 0.1) is 0 Å². The maximum absolute atomic E-state index is 13.1. The molecule has 1 aromatic carbocycles. The molecule has 10 nitrogen and oxygen atoms in total. The van der Waals surface area contributed by atoms with Crippen molar-refractivity contribution in [3.05, 3.63) is 51.2 Å². The van der Waals surface area contributed by atoms with Crippen LogP contribution in [0.5, 0.6) is 5.75 Å². The number of nitrogens with zero attached hydrogens (tertiary/aromatic N) is 4. The Hall–Kier alpha value is -3.11. The van der Waals surface area contributed by atoms with Crippen LogP contribution >= 0.6 is 0 Å². The number of ether oxygens (including phenoxy) is 1. The van der Waals surface area contributed by atoms with E-state index in [1.54, 1.807) is 22.8 Å². The second kappa shape index (κ2) is 14.2. The largest absolute Gasteiger partial charge is 0.485 e. The number of unbranched alkanes of at least 4 members (excludes halogenated alkanes) is 2. The summed E-state index contributed by atoms with van der Waals surface area (Å²) >= 11 is 0. The fourth-order valence-electron chi connectivity index (χ4n) is 5.12. The third-order valence-corrected chi connectivity index (χ3v) is 7.64. The van der Waals surface area contributed by atoms with Crippen molar-refractivity contribution < 1.29 is 14.6 Å². The summed E-state index contributed by atoms with van der Waals surface area (Å²) in [5.41, 5.74) is -0.686. The number of nitrogens with one attached hydrogen (secondary N) is 1. The number of amides is 1. The third kappa shape index (κ3) is 8.45. The molecular weight excluding hydrogens is 522 g/mol. The Kier molecular flexibility index (Phi) is 11.2. The number of aliphatic hydroxyl groups excluding tert-OH is 1. The first kappa shape index (κ1) is 32.4. The molecule has 10 heteroatoms. The molecule has 1 unspecified atom stereocenters. The van der Waals surface area contributed by atoms with E-state index >= 15 is 0 Å². The summed E-state index contributed by atoms with van der Waals surface area (Å²) in [6.07, 6.45) is 2.77. The summed E-state index contributed by atoms with van der Waals surface area (Å²) < 4.78 is 9.16. The van der Waals surface area contributed by atoms with Crippen LogP contribution in [-0.4, -0.2) is 69.5 Å². The molecule has 0 saturated carbocycles. The van der Waals surface area contributed by atoms with Gasteiger partial charge in [0.25, 0.3) is 5.56 Å². The summed E-state index contributed by atoms with van der Waals surface area (Å²) in [6, 6.07) is 8.50. The van der Waals surface area contributed by atoms with Crippen LogP contribution in [0.2, 0.25) is 0 Å². The predicted octanol–water partition coefficient (Wildman–Crippen LogP) is 4.03. The maximum Gasteiger partial charge on any atom is 0.333 e. The van der Waals surface area contributed by atoms with Gasteiger partial charge in [0.2, 0.25) is 5.91 Å². The number of piperazine rings is 1. The van der Waals surface area contributed by atoms with Crippen LogP contribution in [0, 0.1) is 0 Å². The van der Waals surface area contributed by atoms with Crippen molar-refractivity contribution in [2.24, 2.45) is 0 Å². The molecule has 0 radical (unpaired) electrons. The molecule has 1 fully saturated rings. The minimum Gasteiger partial charge on any atom is -0.485 e. The average Bonchev–Trinajstić information content (AvgIpc) is 2.89. The molecule has 41 heavy (non-hydrogen) atoms. The van der Waals surface area contributed by atoms with Gasteiger partial charge in [-0.05, 0) is 72.2 Å². The molecule has 0 bridgehead atoms. The van der Waals surface area contributed by atoms with Crippen molar-refractivity contribution in [2.45, 2.75) is 97.9 Å². The van der Waals surface area contributed by atoms with E-state index in [1.165, 1.54) is 4.57 Å². The molecule has 0 spiro atoms. The Morgan fingerprint density at radius 3 is 2.15 bits per heavy atom. The smallest absolute Gasteiger partial charge is 0.333 e. The lowest BCUT2D eigenvalue weighted by atomic mass is 10.0. The fraction of sp³-hybridized carbons (Fsp3) is 0.645. The Morgan fingerprint density at radius 1 is 0.976 bits per heavy atom. The summed E-state index contributed by atoms with van der Waals surface area (Å²) in [5, 5.41) is 14.0. The molecule has 1 amide bonds. The van der Waals surface area contributed by atoms with Crippen LogP contribution in [0.3, 0.4) is 0 Å². The molecule has 228 valence electrons. The first-order valence-electron chi connectivity index (χ1n) is 15.0. The highest BCUT2D eigenvalue weighted by Gasteiger charge is 2.33. The van der Waals surface area contributed by atoms with Crippen molar-refractivity contribution in [3.8, 4) is 5.75 Å². The Morgan fingerprint density at radius 2 is 1.59 bits per heavy atom. The number of anilines is 2. The van der Waals surface area contributed by atoms with E-state index < -0.39 is 11.7 Å². The SMILES string of the molecule is CCCCCC(=O)Nc1ccc(OC(C)(C)C(O)CN2CCN(c3cc(=O)n(C(C)C)c(=O)n3C(C)C)CC2)cc1. The summed E-state index contributed by atoms with van der Waals surface area (Å²) in [7, 11) is 0. The van der Waals surface area contributed by atoms with Gasteiger partial charge >= 0.3 is 5.69 Å². The normalized spacial score (nSPS) is 15.4. The minimum absolute atomic E-state index is 0.00962. The van der Waals surface area contributed by atoms with Crippen molar-refractivity contribution >= 4 is 17.4 Å². The Balaban J connectivity index is 1.57. The van der Waals surface area contributed by atoms with Gasteiger partial charge in [-0.1, -0.05) is 19.8 Å². The van der Waals surface area contributed by atoms with Gasteiger partial charge < -0.3 is 20.1 Å². The van der Waals surface area contributed by atoms with E-state index in [2.05, 4.69) is 22.0 Å². The summed E-state index contributed by atoms with van der Waals surface area (Å²) in [6.45, 7) is 16.5. The van der Waals surface area contributed by atoms with Crippen LogP contribution in [0.4, 0.5) is 11.5 Å². The topological polar surface area (TPSA) is 109 Å². The van der Waals surface area contributed by atoms with Gasteiger partial charge in [-0.15, -0.1) is 0 Å². The number of β-amino-alcohol motifs (C(OH)–C–C–N with tert-alkyl or cyclic N) is 1. The number of rotatable bonds is 13. The zero-order valence-corrected chi connectivity index (χ0v) is 25.9. The lowest BCUT2D eigenvalue weighted by molar-refractivity contribution is -0.116. The highest BCUT2D eigenvalue weighted by atomic mass is 16.5. The van der Waals surface area contributed by atoms with Crippen molar-refractivity contribution in [2.75, 3.05) is 42.9 Å². The molecule has 1 aromatic heterocycles. The van der Waals surface area contributed by atoms with Gasteiger partial charge in [0, 0.05) is 63.0 Å². The first-order chi connectivity index (χ1) is 19.3. The van der Waals surface area contributed by atoms with Crippen LogP contribution in [-0.2, 0) is 4.79 Å². The van der Waals surface area contributed by atoms with Crippen molar-refractivity contribution in [1.29, 1.82) is 0 Å². The van der Waals surface area contributed by atoms with Gasteiger partial charge in [-0.3, -0.25) is 23.6 Å². The summed E-state index contributed by atoms with van der Waals surface area (Å²) in [5.74, 6) is 1.28. The number of hydrogen-bond donors (Lipinski definition) is 2. The van der Waals surface area contributed by atoms with Crippen LogP contribution in [0.15, 0.2) is 39.9 Å². The lowest BCUT2D eigenvalue weighted by Gasteiger charge is -2.40. The van der Waals surface area contributed by atoms with E-state index in [0.717, 1.165) is 24.9 Å². The monoisotopic (exact) mass is 571 g/mol. The molecule has 1 saturated heterocycles. The molecule has 1 aliphatic rings. The van der Waals surface area contributed by atoms with E-state index in [9.17, 15) is 19.5 Å².